The van der Waals surface area contributed by atoms with Crippen molar-refractivity contribution in [2.75, 3.05) is 18.5 Å². The van der Waals surface area contributed by atoms with Gasteiger partial charge >= 0.3 is 0 Å². The van der Waals surface area contributed by atoms with Crippen molar-refractivity contribution in [2.45, 2.75) is 38.1 Å². The molecule has 28 heavy (non-hydrogen) atoms. The molecule has 0 spiro atoms. The second kappa shape index (κ2) is 9.70. The summed E-state index contributed by atoms with van der Waals surface area (Å²) >= 11 is 2.08. The topological polar surface area (TPSA) is 105 Å². The number of anilines is 1. The fourth-order valence-corrected chi connectivity index (χ4v) is 4.10. The normalized spacial score (nSPS) is 19.0. The van der Waals surface area contributed by atoms with Crippen LogP contribution in [-0.4, -0.2) is 47.7 Å². The van der Waals surface area contributed by atoms with Crippen LogP contribution in [0.3, 0.4) is 0 Å². The lowest BCUT2D eigenvalue weighted by molar-refractivity contribution is -0.136. The van der Waals surface area contributed by atoms with Crippen molar-refractivity contribution in [1.29, 1.82) is 0 Å². The van der Waals surface area contributed by atoms with Crippen LogP contribution < -0.4 is 10.6 Å². The summed E-state index contributed by atoms with van der Waals surface area (Å²) in [5.41, 5.74) is 1.17. The number of hydrogen-bond acceptors (Lipinski definition) is 7. The fraction of sp³-hybridized carbons (Fsp3) is 0.444. The molecule has 3 rings (SSSR count). The summed E-state index contributed by atoms with van der Waals surface area (Å²) in [7, 11) is 1.32. The van der Waals surface area contributed by atoms with Gasteiger partial charge in [0, 0.05) is 39.9 Å². The Morgan fingerprint density at radius 3 is 2.75 bits per heavy atom. The zero-order chi connectivity index (χ0) is 20.1. The van der Waals surface area contributed by atoms with Gasteiger partial charge in [-0.3, -0.25) is 29.4 Å². The highest BCUT2D eigenvalue weighted by molar-refractivity contribution is 14.2. The molecule has 1 atom stereocenters. The number of rotatable bonds is 9. The summed E-state index contributed by atoms with van der Waals surface area (Å²) in [6.07, 6.45) is 3.09. The maximum atomic E-state index is 12.9. The molecule has 0 bridgehead atoms. The number of fused-ring (bicyclic) bond motifs is 1. The van der Waals surface area contributed by atoms with Gasteiger partial charge in [-0.1, -0.05) is 6.07 Å². The number of carbonyl (C=O) groups excluding carboxylic acids is 4. The van der Waals surface area contributed by atoms with Crippen LogP contribution in [-0.2, 0) is 13.8 Å². The third-order valence-electron chi connectivity index (χ3n) is 4.73. The average molecular weight is 517 g/mol. The van der Waals surface area contributed by atoms with Crippen LogP contribution in [0, 0.1) is 0 Å². The number of benzene rings is 1. The van der Waals surface area contributed by atoms with Gasteiger partial charge in [0.25, 0.3) is 11.8 Å². The van der Waals surface area contributed by atoms with Gasteiger partial charge in [-0.15, -0.1) is 0 Å². The molecule has 1 unspecified atom stereocenters. The van der Waals surface area contributed by atoms with Gasteiger partial charge in [-0.2, -0.15) is 0 Å². The number of nitrogens with zero attached hydrogens (tertiary/aromatic N) is 1. The molecule has 1 aromatic rings. The van der Waals surface area contributed by atoms with Crippen LogP contribution in [0.25, 0.3) is 0 Å². The van der Waals surface area contributed by atoms with E-state index in [0.29, 0.717) is 24.4 Å². The molecular weight excluding hydrogens is 497 g/mol. The predicted molar refractivity (Wildman–Crippen MR) is 113 cm³/mol. The van der Waals surface area contributed by atoms with Crippen molar-refractivity contribution in [3.05, 3.63) is 29.3 Å². The zero-order valence-corrected chi connectivity index (χ0v) is 18.0. The summed E-state index contributed by atoms with van der Waals surface area (Å²) in [4.78, 5) is 50.2. The smallest absolute Gasteiger partial charge is 0.264 e. The maximum absolute atomic E-state index is 12.9. The molecule has 0 aromatic heterocycles. The van der Waals surface area contributed by atoms with Gasteiger partial charge in [-0.05, 0) is 37.8 Å². The summed E-state index contributed by atoms with van der Waals surface area (Å²) in [5, 5.41) is 5.43. The van der Waals surface area contributed by atoms with E-state index < -0.39 is 23.8 Å². The number of hydrogen-bond donors (Lipinski definition) is 2. The number of nitrogens with one attached hydrogen (secondary N) is 2. The van der Waals surface area contributed by atoms with Gasteiger partial charge in [-0.25, -0.2) is 0 Å². The van der Waals surface area contributed by atoms with Crippen LogP contribution in [0.15, 0.2) is 18.2 Å². The molecule has 2 N–H and O–H groups in total. The monoisotopic (exact) mass is 517 g/mol. The Labute approximate surface area is 178 Å². The number of halogens is 1. The highest BCUT2D eigenvalue weighted by Crippen LogP contribution is 2.32. The largest absolute Gasteiger partial charge is 0.384 e. The third kappa shape index (κ3) is 4.49. The molecule has 4 amide bonds. The molecule has 0 aliphatic carbocycles. The van der Waals surface area contributed by atoms with Crippen LogP contribution in [0.5, 0.6) is 0 Å². The molecule has 8 nitrogen and oxygen atoms in total. The second-order valence-corrected chi connectivity index (χ2v) is 7.99. The van der Waals surface area contributed by atoms with E-state index in [4.69, 9.17) is 4.18 Å². The number of amides is 4. The predicted octanol–water partition coefficient (Wildman–Crippen LogP) is 2.68. The molecular formula is C18H20IN3O5S. The maximum Gasteiger partial charge on any atom is 0.264 e. The van der Waals surface area contributed by atoms with E-state index in [1.54, 1.807) is 18.2 Å². The Bertz CT molecular complexity index is 803. The van der Waals surface area contributed by atoms with Gasteiger partial charge < -0.3 is 9.50 Å². The molecule has 1 saturated heterocycles. The number of piperidine rings is 1. The Morgan fingerprint density at radius 1 is 1.18 bits per heavy atom. The van der Waals surface area contributed by atoms with Crippen molar-refractivity contribution in [3.63, 3.8) is 0 Å². The first-order chi connectivity index (χ1) is 13.5. The molecule has 0 radical (unpaired) electrons. The molecule has 150 valence electrons. The van der Waals surface area contributed by atoms with E-state index in [1.165, 1.54) is 9.21 Å². The summed E-state index contributed by atoms with van der Waals surface area (Å²) in [6.45, 7) is 1.36. The van der Waals surface area contributed by atoms with E-state index >= 15 is 0 Å². The minimum absolute atomic E-state index is 0.106. The molecule has 1 aromatic carbocycles. The fourth-order valence-electron chi connectivity index (χ4n) is 3.38. The minimum Gasteiger partial charge on any atom is -0.384 e. The van der Waals surface area contributed by atoms with Crippen molar-refractivity contribution < 1.29 is 23.4 Å². The van der Waals surface area contributed by atoms with E-state index in [2.05, 4.69) is 31.8 Å². The highest BCUT2D eigenvalue weighted by atomic mass is 127. The number of unbranched alkanes of at least 4 members (excludes halogenated alkanes) is 2. The van der Waals surface area contributed by atoms with Crippen molar-refractivity contribution in [3.8, 4) is 0 Å². The zero-order valence-electron chi connectivity index (χ0n) is 15.0. The minimum atomic E-state index is -0.950. The van der Waals surface area contributed by atoms with Crippen LogP contribution >= 0.6 is 30.4 Å². The number of carbonyl (C=O) groups is 4. The Balaban J connectivity index is 1.66. The quantitative estimate of drug-likeness (QED) is 0.225. The summed E-state index contributed by atoms with van der Waals surface area (Å²) in [5.74, 6) is -1.98. The first-order valence-corrected chi connectivity index (χ1v) is 12.3. The van der Waals surface area contributed by atoms with Gasteiger partial charge in [0.15, 0.2) is 0 Å². The van der Waals surface area contributed by atoms with Crippen LogP contribution in [0.2, 0.25) is 0 Å². The standard InChI is InChI=1S/C18H20IN3O5S/c19-28-27-10-3-1-2-9-20-12-6-4-5-11-15(12)18(26)22(17(11)25)13-7-8-14(23)21-16(13)24/h4-6,13,20H,1-3,7-10H2,(H,21,23,24). The van der Waals surface area contributed by atoms with Crippen molar-refractivity contribution >= 4 is 59.7 Å². The SMILES string of the molecule is O=C1CCC(N2C(=O)c3cccc(NCCCCCOSI)c3C2=O)C(=O)N1. The molecule has 1 fully saturated rings. The van der Waals surface area contributed by atoms with E-state index in [9.17, 15) is 19.2 Å². The number of imide groups is 2. The Morgan fingerprint density at radius 2 is 2.00 bits per heavy atom. The van der Waals surface area contributed by atoms with E-state index in [-0.39, 0.29) is 24.3 Å². The Kier molecular flexibility index (Phi) is 7.30. The van der Waals surface area contributed by atoms with Gasteiger partial charge in [0.05, 0.1) is 26.9 Å². The summed E-state index contributed by atoms with van der Waals surface area (Å²) in [6, 6.07) is 4.11. The average Bonchev–Trinajstić information content (AvgIpc) is 2.93. The lowest BCUT2D eigenvalue weighted by atomic mass is 10.0. The van der Waals surface area contributed by atoms with Crippen molar-refractivity contribution in [2.24, 2.45) is 0 Å². The van der Waals surface area contributed by atoms with Gasteiger partial charge in [0.2, 0.25) is 11.8 Å². The molecule has 2 aliphatic heterocycles. The third-order valence-corrected chi connectivity index (χ3v) is 5.75. The first kappa shape index (κ1) is 21.1. The van der Waals surface area contributed by atoms with Crippen LogP contribution in [0.1, 0.15) is 52.8 Å². The first-order valence-electron chi connectivity index (χ1n) is 9.03. The van der Waals surface area contributed by atoms with E-state index in [0.717, 1.165) is 24.2 Å². The van der Waals surface area contributed by atoms with E-state index in [1.807, 2.05) is 0 Å². The van der Waals surface area contributed by atoms with Gasteiger partial charge in [0.1, 0.15) is 6.04 Å². The lowest BCUT2D eigenvalue weighted by Crippen LogP contribution is -2.54. The molecule has 2 aliphatic rings. The lowest BCUT2D eigenvalue weighted by Gasteiger charge is -2.27. The summed E-state index contributed by atoms with van der Waals surface area (Å²) < 4.78 is 5.21. The second-order valence-electron chi connectivity index (χ2n) is 6.55. The molecule has 2 heterocycles. The van der Waals surface area contributed by atoms with Crippen LogP contribution in [0.4, 0.5) is 5.69 Å². The molecule has 10 heteroatoms. The Hall–Kier alpha value is -1.66. The van der Waals surface area contributed by atoms with Crippen molar-refractivity contribution in [1.82, 2.24) is 10.2 Å². The highest BCUT2D eigenvalue weighted by Gasteiger charge is 2.45. The molecule has 0 saturated carbocycles.